The maximum atomic E-state index is 11.4. The fraction of sp³-hybridized carbons (Fsp3) is 0.500. The van der Waals surface area contributed by atoms with E-state index in [9.17, 15) is 9.59 Å². The number of anilines is 1. The van der Waals surface area contributed by atoms with Gasteiger partial charge in [0.05, 0.1) is 19.5 Å². The highest BCUT2D eigenvalue weighted by molar-refractivity contribution is 5.87. The maximum absolute atomic E-state index is 11.4. The Labute approximate surface area is 111 Å². The number of hydrogen-bond acceptors (Lipinski definition) is 6. The molecule has 1 aliphatic rings. The van der Waals surface area contributed by atoms with Gasteiger partial charge < -0.3 is 15.0 Å². The summed E-state index contributed by atoms with van der Waals surface area (Å²) < 4.78 is 4.61. The van der Waals surface area contributed by atoms with Crippen LogP contribution in [0.4, 0.5) is 5.82 Å². The SMILES string of the molecule is COC(=O)c1cncc(N2CCC(NC(C)=O)C2)n1. The first kappa shape index (κ1) is 13.3. The number of carbonyl (C=O) groups excluding carboxylic acids is 2. The topological polar surface area (TPSA) is 84.4 Å². The molecule has 0 bridgehead atoms. The van der Waals surface area contributed by atoms with Gasteiger partial charge >= 0.3 is 5.97 Å². The van der Waals surface area contributed by atoms with E-state index in [1.165, 1.54) is 20.2 Å². The van der Waals surface area contributed by atoms with Crippen molar-refractivity contribution >= 4 is 17.7 Å². The molecule has 1 fully saturated rings. The fourth-order valence-corrected chi connectivity index (χ4v) is 2.08. The Morgan fingerprint density at radius 3 is 2.95 bits per heavy atom. The Bertz CT molecular complexity index is 492. The molecular weight excluding hydrogens is 248 g/mol. The normalized spacial score (nSPS) is 18.2. The number of rotatable bonds is 3. The van der Waals surface area contributed by atoms with Crippen molar-refractivity contribution in [1.82, 2.24) is 15.3 Å². The molecule has 7 nitrogen and oxygen atoms in total. The first-order valence-corrected chi connectivity index (χ1v) is 6.02. The number of carbonyl (C=O) groups is 2. The lowest BCUT2D eigenvalue weighted by molar-refractivity contribution is -0.119. The van der Waals surface area contributed by atoms with Crippen LogP contribution in [0.25, 0.3) is 0 Å². The Hall–Kier alpha value is -2.18. The Morgan fingerprint density at radius 1 is 1.47 bits per heavy atom. The second-order valence-electron chi connectivity index (χ2n) is 4.39. The Balaban J connectivity index is 2.07. The zero-order valence-electron chi connectivity index (χ0n) is 10.9. The molecule has 102 valence electrons. The van der Waals surface area contributed by atoms with Gasteiger partial charge in [0.25, 0.3) is 0 Å². The smallest absolute Gasteiger partial charge is 0.358 e. The molecule has 0 radical (unpaired) electrons. The van der Waals surface area contributed by atoms with Gasteiger partial charge in [0.2, 0.25) is 5.91 Å². The van der Waals surface area contributed by atoms with E-state index in [0.29, 0.717) is 12.4 Å². The van der Waals surface area contributed by atoms with Crippen molar-refractivity contribution in [1.29, 1.82) is 0 Å². The molecule has 1 saturated heterocycles. The van der Waals surface area contributed by atoms with Crippen molar-refractivity contribution in [3.8, 4) is 0 Å². The summed E-state index contributed by atoms with van der Waals surface area (Å²) in [6, 6.07) is 0.112. The lowest BCUT2D eigenvalue weighted by Gasteiger charge is -2.17. The molecule has 0 aromatic carbocycles. The summed E-state index contributed by atoms with van der Waals surface area (Å²) in [5.74, 6) is 0.0731. The maximum Gasteiger partial charge on any atom is 0.358 e. The van der Waals surface area contributed by atoms with Crippen LogP contribution in [0.3, 0.4) is 0 Å². The number of ether oxygens (including phenoxy) is 1. The molecule has 1 atom stereocenters. The fourth-order valence-electron chi connectivity index (χ4n) is 2.08. The van der Waals surface area contributed by atoms with Crippen LogP contribution in [0.15, 0.2) is 12.4 Å². The summed E-state index contributed by atoms with van der Waals surface area (Å²) in [5, 5.41) is 2.87. The van der Waals surface area contributed by atoms with E-state index in [0.717, 1.165) is 13.0 Å². The van der Waals surface area contributed by atoms with E-state index in [1.807, 2.05) is 4.90 Å². The quantitative estimate of drug-likeness (QED) is 0.772. The summed E-state index contributed by atoms with van der Waals surface area (Å²) in [7, 11) is 1.30. The average molecular weight is 264 g/mol. The van der Waals surface area contributed by atoms with Gasteiger partial charge in [0, 0.05) is 26.1 Å². The summed E-state index contributed by atoms with van der Waals surface area (Å²) >= 11 is 0. The minimum atomic E-state index is -0.507. The van der Waals surface area contributed by atoms with Crippen molar-refractivity contribution < 1.29 is 14.3 Å². The van der Waals surface area contributed by atoms with Crippen LogP contribution in [0, 0.1) is 0 Å². The Morgan fingerprint density at radius 2 is 2.26 bits per heavy atom. The van der Waals surface area contributed by atoms with Crippen molar-refractivity contribution in [2.24, 2.45) is 0 Å². The summed E-state index contributed by atoms with van der Waals surface area (Å²) in [6.45, 7) is 2.93. The van der Waals surface area contributed by atoms with Gasteiger partial charge in [-0.2, -0.15) is 0 Å². The highest BCUT2D eigenvalue weighted by Gasteiger charge is 2.24. The van der Waals surface area contributed by atoms with Crippen LogP contribution in [-0.2, 0) is 9.53 Å². The van der Waals surface area contributed by atoms with Gasteiger partial charge in [0.1, 0.15) is 5.82 Å². The van der Waals surface area contributed by atoms with Gasteiger partial charge in [-0.15, -0.1) is 0 Å². The summed E-state index contributed by atoms with van der Waals surface area (Å²) in [4.78, 5) is 32.6. The molecule has 1 unspecified atom stereocenters. The molecule has 0 aliphatic carbocycles. The zero-order valence-corrected chi connectivity index (χ0v) is 10.9. The van der Waals surface area contributed by atoms with Crippen molar-refractivity contribution in [3.63, 3.8) is 0 Å². The lowest BCUT2D eigenvalue weighted by Crippen LogP contribution is -2.35. The molecule has 1 aromatic heterocycles. The summed E-state index contributed by atoms with van der Waals surface area (Å²) in [6.07, 6.45) is 3.82. The van der Waals surface area contributed by atoms with Crippen LogP contribution in [0.2, 0.25) is 0 Å². The van der Waals surface area contributed by atoms with E-state index in [2.05, 4.69) is 20.0 Å². The van der Waals surface area contributed by atoms with Crippen LogP contribution in [-0.4, -0.2) is 48.1 Å². The van der Waals surface area contributed by atoms with Crippen molar-refractivity contribution in [3.05, 3.63) is 18.1 Å². The molecule has 0 spiro atoms. The monoisotopic (exact) mass is 264 g/mol. The molecule has 19 heavy (non-hydrogen) atoms. The molecule has 0 saturated carbocycles. The third kappa shape index (κ3) is 3.18. The molecule has 1 N–H and O–H groups in total. The predicted octanol–water partition coefficient (Wildman–Crippen LogP) is -0.0220. The molecule has 1 aromatic rings. The first-order valence-electron chi connectivity index (χ1n) is 6.02. The molecule has 7 heteroatoms. The van der Waals surface area contributed by atoms with Gasteiger partial charge in [-0.1, -0.05) is 0 Å². The number of methoxy groups -OCH3 is 1. The third-order valence-corrected chi connectivity index (χ3v) is 2.94. The van der Waals surface area contributed by atoms with Crippen LogP contribution < -0.4 is 10.2 Å². The molecule has 2 heterocycles. The van der Waals surface area contributed by atoms with E-state index < -0.39 is 5.97 Å². The minimum absolute atomic E-state index is 0.0405. The van der Waals surface area contributed by atoms with Gasteiger partial charge in [-0.3, -0.25) is 9.78 Å². The number of nitrogens with zero attached hydrogens (tertiary/aromatic N) is 3. The second kappa shape index (κ2) is 5.64. The predicted molar refractivity (Wildman–Crippen MR) is 67.8 cm³/mol. The van der Waals surface area contributed by atoms with Crippen molar-refractivity contribution in [2.75, 3.05) is 25.1 Å². The minimum Gasteiger partial charge on any atom is -0.464 e. The molecule has 2 rings (SSSR count). The van der Waals surface area contributed by atoms with E-state index >= 15 is 0 Å². The highest BCUT2D eigenvalue weighted by Crippen LogP contribution is 2.17. The van der Waals surface area contributed by atoms with Crippen LogP contribution >= 0.6 is 0 Å². The second-order valence-corrected chi connectivity index (χ2v) is 4.39. The average Bonchev–Trinajstić information content (AvgIpc) is 2.85. The number of amides is 1. The zero-order chi connectivity index (χ0) is 13.8. The van der Waals surface area contributed by atoms with Gasteiger partial charge in [-0.05, 0) is 6.42 Å². The molecule has 1 aliphatic heterocycles. The van der Waals surface area contributed by atoms with Gasteiger partial charge in [-0.25, -0.2) is 9.78 Å². The standard InChI is InChI=1S/C12H16N4O3/c1-8(17)14-9-3-4-16(7-9)11-6-13-5-10(15-11)12(18)19-2/h5-6,9H,3-4,7H2,1-2H3,(H,14,17). The number of aromatic nitrogens is 2. The van der Waals surface area contributed by atoms with Crippen LogP contribution in [0.1, 0.15) is 23.8 Å². The largest absolute Gasteiger partial charge is 0.464 e. The van der Waals surface area contributed by atoms with E-state index in [4.69, 9.17) is 0 Å². The number of hydrogen-bond donors (Lipinski definition) is 1. The number of esters is 1. The van der Waals surface area contributed by atoms with Crippen molar-refractivity contribution in [2.45, 2.75) is 19.4 Å². The van der Waals surface area contributed by atoms with Gasteiger partial charge in [0.15, 0.2) is 5.69 Å². The summed E-state index contributed by atoms with van der Waals surface area (Å²) in [5.41, 5.74) is 0.183. The molecule has 1 amide bonds. The molecular formula is C12H16N4O3. The van der Waals surface area contributed by atoms with Crippen LogP contribution in [0.5, 0.6) is 0 Å². The lowest BCUT2D eigenvalue weighted by atomic mass is 10.3. The number of nitrogens with one attached hydrogen (secondary N) is 1. The first-order chi connectivity index (χ1) is 9.10. The highest BCUT2D eigenvalue weighted by atomic mass is 16.5. The third-order valence-electron chi connectivity index (χ3n) is 2.94. The van der Waals surface area contributed by atoms with E-state index in [-0.39, 0.29) is 17.6 Å². The Kier molecular flexibility index (Phi) is 3.94. The van der Waals surface area contributed by atoms with E-state index in [1.54, 1.807) is 6.20 Å².